The number of nitrogens with one attached hydrogen (secondary N) is 1. The number of anilines is 1. The second-order valence-electron chi connectivity index (χ2n) is 5.22. The van der Waals surface area contributed by atoms with Crippen LogP contribution >= 0.6 is 15.9 Å². The Hall–Kier alpha value is -1.70. The van der Waals surface area contributed by atoms with Crippen molar-refractivity contribution in [3.63, 3.8) is 0 Å². The van der Waals surface area contributed by atoms with Crippen molar-refractivity contribution in [1.82, 2.24) is 4.72 Å². The third kappa shape index (κ3) is 3.31. The second kappa shape index (κ2) is 6.43. The highest BCUT2D eigenvalue weighted by Crippen LogP contribution is 2.25. The first-order valence-corrected chi connectivity index (χ1v) is 9.40. The number of nitrogens with zero attached hydrogens (tertiary/aromatic N) is 1. The summed E-state index contributed by atoms with van der Waals surface area (Å²) in [5, 5.41) is 0. The summed E-state index contributed by atoms with van der Waals surface area (Å²) in [5.74, 6) is -0.230. The topological polar surface area (TPSA) is 66.5 Å². The van der Waals surface area contributed by atoms with Gasteiger partial charge in [-0.2, -0.15) is 4.72 Å². The van der Waals surface area contributed by atoms with Gasteiger partial charge in [0.05, 0.1) is 4.90 Å². The largest absolute Gasteiger partial charge is 0.311 e. The third-order valence-corrected chi connectivity index (χ3v) is 6.18. The SMILES string of the molecule is O=C1[C@@H](NS(=O)(=O)c2ccccc2Br)CCN1c1ccccc1. The van der Waals surface area contributed by atoms with Gasteiger partial charge in [0.25, 0.3) is 0 Å². The fourth-order valence-electron chi connectivity index (χ4n) is 2.57. The van der Waals surface area contributed by atoms with Crippen molar-refractivity contribution in [1.29, 1.82) is 0 Å². The Kier molecular flexibility index (Phi) is 4.52. The minimum Gasteiger partial charge on any atom is -0.311 e. The van der Waals surface area contributed by atoms with Gasteiger partial charge in [-0.15, -0.1) is 0 Å². The van der Waals surface area contributed by atoms with E-state index in [1.807, 2.05) is 30.3 Å². The normalized spacial score (nSPS) is 18.4. The summed E-state index contributed by atoms with van der Waals surface area (Å²) in [5.41, 5.74) is 0.778. The van der Waals surface area contributed by atoms with Gasteiger partial charge in [-0.05, 0) is 46.6 Å². The van der Waals surface area contributed by atoms with E-state index in [-0.39, 0.29) is 10.8 Å². The molecular formula is C16H15BrN2O3S. The summed E-state index contributed by atoms with van der Waals surface area (Å²) in [7, 11) is -3.76. The van der Waals surface area contributed by atoms with Crippen molar-refractivity contribution in [3.05, 3.63) is 59.1 Å². The molecule has 1 N–H and O–H groups in total. The first-order valence-electron chi connectivity index (χ1n) is 7.12. The van der Waals surface area contributed by atoms with Crippen molar-refractivity contribution < 1.29 is 13.2 Å². The minimum atomic E-state index is -3.76. The van der Waals surface area contributed by atoms with Gasteiger partial charge in [0.2, 0.25) is 15.9 Å². The third-order valence-electron chi connectivity index (χ3n) is 3.70. The average molecular weight is 395 g/mol. The molecule has 0 aromatic heterocycles. The molecule has 1 amide bonds. The maximum atomic E-state index is 12.5. The zero-order valence-corrected chi connectivity index (χ0v) is 14.5. The molecule has 0 unspecified atom stereocenters. The fourth-order valence-corrected chi connectivity index (χ4v) is 4.79. The quantitative estimate of drug-likeness (QED) is 0.866. The lowest BCUT2D eigenvalue weighted by Crippen LogP contribution is -2.41. The molecule has 2 aromatic rings. The highest BCUT2D eigenvalue weighted by molar-refractivity contribution is 9.10. The van der Waals surface area contributed by atoms with Crippen LogP contribution in [-0.4, -0.2) is 26.9 Å². The standard InChI is InChI=1S/C16H15BrN2O3S/c17-13-8-4-5-9-15(13)23(21,22)18-14-10-11-19(16(14)20)12-6-2-1-3-7-12/h1-9,14,18H,10-11H2/t14-/m0/s1. The Balaban J connectivity index is 1.79. The van der Waals surface area contributed by atoms with Gasteiger partial charge in [0.15, 0.2) is 0 Å². The van der Waals surface area contributed by atoms with Crippen LogP contribution in [0.15, 0.2) is 64.0 Å². The molecule has 1 aliphatic rings. The van der Waals surface area contributed by atoms with Crippen LogP contribution in [0, 0.1) is 0 Å². The van der Waals surface area contributed by atoms with Gasteiger partial charge in [-0.3, -0.25) is 4.79 Å². The predicted octanol–water partition coefficient (Wildman–Crippen LogP) is 2.53. The summed E-state index contributed by atoms with van der Waals surface area (Å²) < 4.78 is 28.0. The molecular weight excluding hydrogens is 380 g/mol. The number of benzene rings is 2. The van der Waals surface area contributed by atoms with Gasteiger partial charge < -0.3 is 4.90 Å². The maximum absolute atomic E-state index is 12.5. The van der Waals surface area contributed by atoms with E-state index < -0.39 is 16.1 Å². The number of hydrogen-bond donors (Lipinski definition) is 1. The number of amides is 1. The molecule has 1 saturated heterocycles. The van der Waals surface area contributed by atoms with E-state index in [0.29, 0.717) is 17.4 Å². The number of para-hydroxylation sites is 1. The lowest BCUT2D eigenvalue weighted by molar-refractivity contribution is -0.118. The molecule has 0 bridgehead atoms. The van der Waals surface area contributed by atoms with E-state index in [1.165, 1.54) is 6.07 Å². The molecule has 23 heavy (non-hydrogen) atoms. The number of halogens is 1. The molecule has 0 spiro atoms. The summed E-state index contributed by atoms with van der Waals surface area (Å²) in [4.78, 5) is 14.2. The lowest BCUT2D eigenvalue weighted by atomic mass is 10.3. The van der Waals surface area contributed by atoms with Crippen LogP contribution in [0.25, 0.3) is 0 Å². The molecule has 1 atom stereocenters. The van der Waals surface area contributed by atoms with Crippen LogP contribution in [-0.2, 0) is 14.8 Å². The molecule has 3 rings (SSSR count). The van der Waals surface area contributed by atoms with E-state index in [4.69, 9.17) is 0 Å². The Bertz CT molecular complexity index is 824. The number of carbonyl (C=O) groups excluding carboxylic acids is 1. The average Bonchev–Trinajstić information content (AvgIpc) is 2.89. The molecule has 2 aromatic carbocycles. The second-order valence-corrected chi connectivity index (χ2v) is 7.76. The first-order chi connectivity index (χ1) is 11.0. The summed E-state index contributed by atoms with van der Waals surface area (Å²) in [6, 6.07) is 15.0. The number of carbonyl (C=O) groups is 1. The van der Waals surface area contributed by atoms with E-state index in [1.54, 1.807) is 23.1 Å². The molecule has 7 heteroatoms. The van der Waals surface area contributed by atoms with Crippen molar-refractivity contribution in [2.24, 2.45) is 0 Å². The summed E-state index contributed by atoms with van der Waals surface area (Å²) in [6.07, 6.45) is 0.442. The molecule has 5 nitrogen and oxygen atoms in total. The molecule has 120 valence electrons. The van der Waals surface area contributed by atoms with Crippen molar-refractivity contribution in [2.45, 2.75) is 17.4 Å². The molecule has 0 aliphatic carbocycles. The van der Waals surface area contributed by atoms with E-state index in [2.05, 4.69) is 20.7 Å². The van der Waals surface area contributed by atoms with Crippen LogP contribution < -0.4 is 9.62 Å². The molecule has 1 aliphatic heterocycles. The Morgan fingerprint density at radius 2 is 1.70 bits per heavy atom. The predicted molar refractivity (Wildman–Crippen MR) is 91.7 cm³/mol. The summed E-state index contributed by atoms with van der Waals surface area (Å²) in [6.45, 7) is 0.492. The number of sulfonamides is 1. The van der Waals surface area contributed by atoms with Crippen LogP contribution in [0.4, 0.5) is 5.69 Å². The van der Waals surface area contributed by atoms with Crippen LogP contribution in [0.2, 0.25) is 0 Å². The van der Waals surface area contributed by atoms with Crippen molar-refractivity contribution in [2.75, 3.05) is 11.4 Å². The van der Waals surface area contributed by atoms with Crippen LogP contribution in [0.3, 0.4) is 0 Å². The van der Waals surface area contributed by atoms with Gasteiger partial charge >= 0.3 is 0 Å². The van der Waals surface area contributed by atoms with Crippen molar-refractivity contribution in [3.8, 4) is 0 Å². The zero-order valence-electron chi connectivity index (χ0n) is 12.1. The molecule has 1 fully saturated rings. The highest BCUT2D eigenvalue weighted by atomic mass is 79.9. The minimum absolute atomic E-state index is 0.131. The highest BCUT2D eigenvalue weighted by Gasteiger charge is 2.35. The van der Waals surface area contributed by atoms with Crippen LogP contribution in [0.1, 0.15) is 6.42 Å². The Labute approximate surface area is 143 Å². The Morgan fingerprint density at radius 3 is 2.39 bits per heavy atom. The van der Waals surface area contributed by atoms with Gasteiger partial charge in [0, 0.05) is 16.7 Å². The maximum Gasteiger partial charge on any atom is 0.245 e. The van der Waals surface area contributed by atoms with E-state index >= 15 is 0 Å². The molecule has 0 saturated carbocycles. The van der Waals surface area contributed by atoms with E-state index in [0.717, 1.165) is 5.69 Å². The lowest BCUT2D eigenvalue weighted by Gasteiger charge is -2.17. The van der Waals surface area contributed by atoms with E-state index in [9.17, 15) is 13.2 Å². The van der Waals surface area contributed by atoms with Gasteiger partial charge in [-0.1, -0.05) is 30.3 Å². The number of rotatable bonds is 4. The summed E-state index contributed by atoms with van der Waals surface area (Å²) >= 11 is 3.23. The van der Waals surface area contributed by atoms with Gasteiger partial charge in [-0.25, -0.2) is 8.42 Å². The van der Waals surface area contributed by atoms with Crippen LogP contribution in [0.5, 0.6) is 0 Å². The fraction of sp³-hybridized carbons (Fsp3) is 0.188. The smallest absolute Gasteiger partial charge is 0.245 e. The molecule has 0 radical (unpaired) electrons. The van der Waals surface area contributed by atoms with Gasteiger partial charge in [0.1, 0.15) is 6.04 Å². The first kappa shape index (κ1) is 16.2. The monoisotopic (exact) mass is 394 g/mol. The number of hydrogen-bond acceptors (Lipinski definition) is 3. The molecule has 1 heterocycles. The Morgan fingerprint density at radius 1 is 1.04 bits per heavy atom. The zero-order chi connectivity index (χ0) is 16.4. The van der Waals surface area contributed by atoms with Crippen molar-refractivity contribution >= 4 is 37.5 Å².